The third-order valence-corrected chi connectivity index (χ3v) is 2.76. The molecule has 6 heteroatoms. The van der Waals surface area contributed by atoms with Crippen LogP contribution in [-0.4, -0.2) is 35.4 Å². The van der Waals surface area contributed by atoms with Gasteiger partial charge < -0.3 is 21.3 Å². The summed E-state index contributed by atoms with van der Waals surface area (Å²) in [6.45, 7) is 0.610. The third-order valence-electron chi connectivity index (χ3n) is 1.83. The molecular weight excluding hydrogens is 216 g/mol. The van der Waals surface area contributed by atoms with Crippen LogP contribution >= 0.6 is 11.3 Å². The monoisotopic (exact) mass is 230 g/mol. The van der Waals surface area contributed by atoms with Crippen LogP contribution in [0, 0.1) is 0 Å². The first-order valence-electron chi connectivity index (χ1n) is 4.50. The minimum atomic E-state index is -0.749. The zero-order chi connectivity index (χ0) is 11.3. The molecule has 0 aromatic carbocycles. The quantitative estimate of drug-likeness (QED) is 0.519. The predicted molar refractivity (Wildman–Crippen MR) is 57.6 cm³/mol. The number of carbonyl (C=O) groups is 1. The minimum absolute atomic E-state index is 0.260. The summed E-state index contributed by atoms with van der Waals surface area (Å²) < 4.78 is 0. The number of nitrogens with two attached hydrogens (primary N) is 1. The molecule has 5 nitrogen and oxygen atoms in total. The molecule has 1 rings (SSSR count). The molecule has 0 saturated carbocycles. The first kappa shape index (κ1) is 12.1. The van der Waals surface area contributed by atoms with Crippen LogP contribution in [0.2, 0.25) is 0 Å². The third kappa shape index (κ3) is 3.96. The van der Waals surface area contributed by atoms with E-state index in [0.717, 1.165) is 4.88 Å². The molecule has 1 heterocycles. The molecule has 15 heavy (non-hydrogen) atoms. The van der Waals surface area contributed by atoms with Crippen molar-refractivity contribution in [3.8, 4) is 0 Å². The van der Waals surface area contributed by atoms with E-state index in [9.17, 15) is 4.79 Å². The number of rotatable bonds is 6. The predicted octanol–water partition coefficient (Wildman–Crippen LogP) is -0.710. The number of hydrogen-bond acceptors (Lipinski definition) is 5. The fourth-order valence-electron chi connectivity index (χ4n) is 1.03. The zero-order valence-corrected chi connectivity index (χ0v) is 8.96. The summed E-state index contributed by atoms with van der Waals surface area (Å²) in [6, 6.07) is 1.71. The molecule has 0 fully saturated rings. The Balaban J connectivity index is 2.35. The molecule has 0 aliphatic rings. The smallest absolute Gasteiger partial charge is 0.249 e. The van der Waals surface area contributed by atoms with Gasteiger partial charge in [0.05, 0.1) is 18.3 Å². The van der Waals surface area contributed by atoms with Crippen LogP contribution in [0.15, 0.2) is 11.4 Å². The molecule has 1 amide bonds. The Hall–Kier alpha value is -0.950. The van der Waals surface area contributed by atoms with Crippen molar-refractivity contribution >= 4 is 17.2 Å². The summed E-state index contributed by atoms with van der Waals surface area (Å²) in [5.74, 6) is -0.437. The largest absolute Gasteiger partial charge is 0.394 e. The van der Waals surface area contributed by atoms with E-state index < -0.39 is 12.0 Å². The van der Waals surface area contributed by atoms with Crippen molar-refractivity contribution < 1.29 is 15.0 Å². The number of primary amides is 1. The molecule has 0 aliphatic heterocycles. The van der Waals surface area contributed by atoms with Gasteiger partial charge in [-0.3, -0.25) is 4.79 Å². The molecule has 84 valence electrons. The van der Waals surface area contributed by atoms with Gasteiger partial charge in [0, 0.05) is 23.3 Å². The van der Waals surface area contributed by atoms with E-state index in [-0.39, 0.29) is 6.61 Å². The van der Waals surface area contributed by atoms with E-state index in [1.165, 1.54) is 11.3 Å². The van der Waals surface area contributed by atoms with Crippen molar-refractivity contribution in [3.05, 3.63) is 21.9 Å². The lowest BCUT2D eigenvalue weighted by Gasteiger charge is -2.07. The van der Waals surface area contributed by atoms with Crippen LogP contribution in [0.1, 0.15) is 15.2 Å². The van der Waals surface area contributed by atoms with Crippen LogP contribution in [0.5, 0.6) is 0 Å². The molecule has 0 bridgehead atoms. The first-order valence-corrected chi connectivity index (χ1v) is 5.38. The fraction of sp³-hybridized carbons (Fsp3) is 0.444. The van der Waals surface area contributed by atoms with Crippen LogP contribution in [0.25, 0.3) is 0 Å². The fourth-order valence-corrected chi connectivity index (χ4v) is 1.87. The molecule has 0 spiro atoms. The average molecular weight is 230 g/mol. The standard InChI is InChI=1S/C9H14N2O3S/c10-9(14)6-1-8(15-5-6)3-11-2-7(13)4-12/h1,5,7,11-13H,2-4H2,(H2,10,14). The van der Waals surface area contributed by atoms with Crippen LogP contribution in [-0.2, 0) is 6.54 Å². The Morgan fingerprint density at radius 2 is 2.40 bits per heavy atom. The van der Waals surface area contributed by atoms with E-state index in [2.05, 4.69) is 5.32 Å². The molecular formula is C9H14N2O3S. The topological polar surface area (TPSA) is 95.6 Å². The van der Waals surface area contributed by atoms with Crippen molar-refractivity contribution in [3.63, 3.8) is 0 Å². The van der Waals surface area contributed by atoms with Crippen LogP contribution < -0.4 is 11.1 Å². The number of amides is 1. The Kier molecular flexibility index (Phi) is 4.70. The van der Waals surface area contributed by atoms with Gasteiger partial charge in [-0.05, 0) is 6.07 Å². The summed E-state index contributed by atoms with van der Waals surface area (Å²) in [5, 5.41) is 22.3. The van der Waals surface area contributed by atoms with Crippen molar-refractivity contribution in [1.29, 1.82) is 0 Å². The average Bonchev–Trinajstić information content (AvgIpc) is 2.66. The van der Waals surface area contributed by atoms with Gasteiger partial charge >= 0.3 is 0 Å². The van der Waals surface area contributed by atoms with E-state index in [1.807, 2.05) is 0 Å². The van der Waals surface area contributed by atoms with E-state index in [1.54, 1.807) is 11.4 Å². The van der Waals surface area contributed by atoms with Gasteiger partial charge in [-0.15, -0.1) is 11.3 Å². The minimum Gasteiger partial charge on any atom is -0.394 e. The maximum Gasteiger partial charge on any atom is 0.249 e. The molecule has 1 unspecified atom stereocenters. The summed E-state index contributed by atoms with van der Waals surface area (Å²) in [7, 11) is 0. The maximum absolute atomic E-state index is 10.8. The number of hydrogen-bond donors (Lipinski definition) is 4. The van der Waals surface area contributed by atoms with E-state index in [0.29, 0.717) is 18.7 Å². The van der Waals surface area contributed by atoms with Crippen molar-refractivity contribution in [2.45, 2.75) is 12.6 Å². The van der Waals surface area contributed by atoms with E-state index >= 15 is 0 Å². The highest BCUT2D eigenvalue weighted by Crippen LogP contribution is 2.13. The zero-order valence-electron chi connectivity index (χ0n) is 8.14. The Bertz CT molecular complexity index is 327. The highest BCUT2D eigenvalue weighted by molar-refractivity contribution is 7.10. The van der Waals surface area contributed by atoms with Gasteiger partial charge in [0.2, 0.25) is 5.91 Å². The Morgan fingerprint density at radius 3 is 2.93 bits per heavy atom. The van der Waals surface area contributed by atoms with Gasteiger partial charge in [0.15, 0.2) is 0 Å². The van der Waals surface area contributed by atoms with Crippen LogP contribution in [0.4, 0.5) is 0 Å². The lowest BCUT2D eigenvalue weighted by Crippen LogP contribution is -2.28. The molecule has 1 aromatic heterocycles. The summed E-state index contributed by atoms with van der Waals surface area (Å²) in [4.78, 5) is 11.7. The number of thiophene rings is 1. The maximum atomic E-state index is 10.8. The number of nitrogens with one attached hydrogen (secondary N) is 1. The van der Waals surface area contributed by atoms with Gasteiger partial charge in [0.25, 0.3) is 0 Å². The second-order valence-electron chi connectivity index (χ2n) is 3.13. The molecule has 1 atom stereocenters. The molecule has 1 aromatic rings. The molecule has 0 radical (unpaired) electrons. The number of aliphatic hydroxyl groups excluding tert-OH is 2. The molecule has 0 aliphatic carbocycles. The van der Waals surface area contributed by atoms with Gasteiger partial charge in [0.1, 0.15) is 0 Å². The van der Waals surface area contributed by atoms with Crippen LogP contribution in [0.3, 0.4) is 0 Å². The normalized spacial score (nSPS) is 12.7. The van der Waals surface area contributed by atoms with Crippen molar-refractivity contribution in [2.24, 2.45) is 5.73 Å². The van der Waals surface area contributed by atoms with Gasteiger partial charge in [-0.2, -0.15) is 0 Å². The Morgan fingerprint density at radius 1 is 1.67 bits per heavy atom. The SMILES string of the molecule is NC(=O)c1csc(CNCC(O)CO)c1. The second kappa shape index (κ2) is 5.82. The molecule has 0 saturated heterocycles. The van der Waals surface area contributed by atoms with Crippen molar-refractivity contribution in [1.82, 2.24) is 5.32 Å². The Labute approximate surface area is 91.5 Å². The van der Waals surface area contributed by atoms with Gasteiger partial charge in [-0.25, -0.2) is 0 Å². The summed E-state index contributed by atoms with van der Waals surface area (Å²) in [6.07, 6.45) is -0.749. The first-order chi connectivity index (χ1) is 7.13. The lowest BCUT2D eigenvalue weighted by molar-refractivity contribution is 0.0942. The van der Waals surface area contributed by atoms with E-state index in [4.69, 9.17) is 15.9 Å². The lowest BCUT2D eigenvalue weighted by atomic mass is 10.3. The number of carbonyl (C=O) groups excluding carboxylic acids is 1. The highest BCUT2D eigenvalue weighted by atomic mass is 32.1. The summed E-state index contributed by atoms with van der Waals surface area (Å²) >= 11 is 1.43. The van der Waals surface area contributed by atoms with Gasteiger partial charge in [-0.1, -0.05) is 0 Å². The number of aliphatic hydroxyl groups is 2. The highest BCUT2D eigenvalue weighted by Gasteiger charge is 2.05. The summed E-state index contributed by atoms with van der Waals surface area (Å²) in [5.41, 5.74) is 5.60. The molecule has 5 N–H and O–H groups in total. The van der Waals surface area contributed by atoms with Crippen molar-refractivity contribution in [2.75, 3.05) is 13.2 Å². The second-order valence-corrected chi connectivity index (χ2v) is 4.13.